The van der Waals surface area contributed by atoms with Crippen molar-refractivity contribution in [3.63, 3.8) is 0 Å². The molecule has 0 bridgehead atoms. The van der Waals surface area contributed by atoms with E-state index in [1.807, 2.05) is 0 Å². The standard InChI is InChI=1S/C10H10BrFO2/c1-5-4-7(11)10(14-3)8(6(2)13)9(5)12/h4H,1-3H3. The third-order valence-corrected chi connectivity index (χ3v) is 2.50. The van der Waals surface area contributed by atoms with Crippen molar-refractivity contribution in [2.45, 2.75) is 13.8 Å². The van der Waals surface area contributed by atoms with Crippen molar-refractivity contribution in [1.29, 1.82) is 0 Å². The molecule has 14 heavy (non-hydrogen) atoms. The number of rotatable bonds is 2. The van der Waals surface area contributed by atoms with Crippen LogP contribution in [0.4, 0.5) is 4.39 Å². The lowest BCUT2D eigenvalue weighted by Gasteiger charge is -2.10. The van der Waals surface area contributed by atoms with Crippen LogP contribution in [0.25, 0.3) is 0 Å². The summed E-state index contributed by atoms with van der Waals surface area (Å²) >= 11 is 3.22. The van der Waals surface area contributed by atoms with E-state index in [-0.39, 0.29) is 17.1 Å². The largest absolute Gasteiger partial charge is 0.495 e. The number of hydrogen-bond acceptors (Lipinski definition) is 2. The molecule has 0 radical (unpaired) electrons. The van der Waals surface area contributed by atoms with Crippen molar-refractivity contribution in [3.8, 4) is 5.75 Å². The Morgan fingerprint density at radius 1 is 1.57 bits per heavy atom. The molecule has 1 aromatic carbocycles. The maximum atomic E-state index is 13.6. The maximum absolute atomic E-state index is 13.6. The molecule has 0 fully saturated rings. The molecule has 0 aliphatic rings. The summed E-state index contributed by atoms with van der Waals surface area (Å²) in [5.41, 5.74) is 0.419. The number of methoxy groups -OCH3 is 1. The molecule has 4 heteroatoms. The molecule has 76 valence electrons. The molecule has 1 aromatic rings. The van der Waals surface area contributed by atoms with E-state index in [1.165, 1.54) is 14.0 Å². The third kappa shape index (κ3) is 1.80. The van der Waals surface area contributed by atoms with Gasteiger partial charge >= 0.3 is 0 Å². The summed E-state index contributed by atoms with van der Waals surface area (Å²) < 4.78 is 19.1. The lowest BCUT2D eigenvalue weighted by molar-refractivity contribution is 0.101. The SMILES string of the molecule is COc1c(Br)cc(C)c(F)c1C(C)=O. The van der Waals surface area contributed by atoms with Gasteiger partial charge in [-0.05, 0) is 41.4 Å². The van der Waals surface area contributed by atoms with Gasteiger partial charge in [0.15, 0.2) is 5.78 Å². The lowest BCUT2D eigenvalue weighted by Crippen LogP contribution is -2.04. The predicted octanol–water partition coefficient (Wildman–Crippen LogP) is 3.11. The normalized spacial score (nSPS) is 10.1. The highest BCUT2D eigenvalue weighted by molar-refractivity contribution is 9.10. The van der Waals surface area contributed by atoms with E-state index in [0.29, 0.717) is 10.0 Å². The first-order valence-electron chi connectivity index (χ1n) is 4.02. The van der Waals surface area contributed by atoms with Crippen LogP contribution in [0.1, 0.15) is 22.8 Å². The second-order valence-electron chi connectivity index (χ2n) is 2.95. The summed E-state index contributed by atoms with van der Waals surface area (Å²) in [6.07, 6.45) is 0. The fourth-order valence-corrected chi connectivity index (χ4v) is 1.95. The van der Waals surface area contributed by atoms with Gasteiger partial charge in [0.25, 0.3) is 0 Å². The minimum absolute atomic E-state index is 0.000579. The lowest BCUT2D eigenvalue weighted by atomic mass is 10.1. The van der Waals surface area contributed by atoms with Crippen LogP contribution in [0.15, 0.2) is 10.5 Å². The zero-order valence-electron chi connectivity index (χ0n) is 8.15. The molecule has 0 N–H and O–H groups in total. The average molecular weight is 261 g/mol. The number of ether oxygens (including phenoxy) is 1. The van der Waals surface area contributed by atoms with Gasteiger partial charge in [-0.1, -0.05) is 0 Å². The van der Waals surface area contributed by atoms with Crippen LogP contribution in [-0.4, -0.2) is 12.9 Å². The van der Waals surface area contributed by atoms with Gasteiger partial charge in [0.05, 0.1) is 17.1 Å². The molecular formula is C10H10BrFO2. The van der Waals surface area contributed by atoms with E-state index in [1.54, 1.807) is 13.0 Å². The van der Waals surface area contributed by atoms with Gasteiger partial charge < -0.3 is 4.74 Å². The van der Waals surface area contributed by atoms with Crippen molar-refractivity contribution in [2.24, 2.45) is 0 Å². The number of aryl methyl sites for hydroxylation is 1. The second kappa shape index (κ2) is 4.09. The number of halogens is 2. The zero-order valence-corrected chi connectivity index (χ0v) is 9.74. The molecular weight excluding hydrogens is 251 g/mol. The second-order valence-corrected chi connectivity index (χ2v) is 3.81. The molecule has 0 aromatic heterocycles. The number of hydrogen-bond donors (Lipinski definition) is 0. The van der Waals surface area contributed by atoms with Gasteiger partial charge in [0.1, 0.15) is 11.6 Å². The summed E-state index contributed by atoms with van der Waals surface area (Å²) in [6, 6.07) is 1.58. The van der Waals surface area contributed by atoms with Crippen molar-refractivity contribution >= 4 is 21.7 Å². The molecule has 0 heterocycles. The fraction of sp³-hybridized carbons (Fsp3) is 0.300. The summed E-state index contributed by atoms with van der Waals surface area (Å²) in [6.45, 7) is 2.92. The number of carbonyl (C=O) groups is 1. The molecule has 0 aliphatic heterocycles. The number of benzene rings is 1. The summed E-state index contributed by atoms with van der Waals surface area (Å²) in [5, 5.41) is 0. The highest BCUT2D eigenvalue weighted by Gasteiger charge is 2.19. The number of ketones is 1. The topological polar surface area (TPSA) is 26.3 Å². The Morgan fingerprint density at radius 3 is 2.57 bits per heavy atom. The van der Waals surface area contributed by atoms with Gasteiger partial charge in [-0.15, -0.1) is 0 Å². The quantitative estimate of drug-likeness (QED) is 0.764. The smallest absolute Gasteiger partial charge is 0.166 e. The predicted molar refractivity (Wildman–Crippen MR) is 55.4 cm³/mol. The van der Waals surface area contributed by atoms with Crippen LogP contribution in [0.2, 0.25) is 0 Å². The molecule has 0 saturated heterocycles. The highest BCUT2D eigenvalue weighted by Crippen LogP contribution is 2.33. The van der Waals surface area contributed by atoms with Crippen molar-refractivity contribution in [3.05, 3.63) is 27.5 Å². The van der Waals surface area contributed by atoms with Crippen LogP contribution < -0.4 is 4.74 Å². The average Bonchev–Trinajstić information content (AvgIpc) is 2.10. The van der Waals surface area contributed by atoms with Crippen LogP contribution in [0.3, 0.4) is 0 Å². The van der Waals surface area contributed by atoms with Crippen LogP contribution in [0, 0.1) is 12.7 Å². The maximum Gasteiger partial charge on any atom is 0.166 e. The molecule has 2 nitrogen and oxygen atoms in total. The summed E-state index contributed by atoms with van der Waals surface area (Å²) in [7, 11) is 1.40. The van der Waals surface area contributed by atoms with Crippen molar-refractivity contribution in [1.82, 2.24) is 0 Å². The van der Waals surface area contributed by atoms with E-state index < -0.39 is 5.82 Å². The molecule has 0 saturated carbocycles. The van der Waals surface area contributed by atoms with E-state index in [2.05, 4.69) is 15.9 Å². The first-order chi connectivity index (χ1) is 6.49. The Bertz CT molecular complexity index is 388. The Kier molecular flexibility index (Phi) is 3.26. The first kappa shape index (κ1) is 11.2. The van der Waals surface area contributed by atoms with Crippen LogP contribution >= 0.6 is 15.9 Å². The third-order valence-electron chi connectivity index (χ3n) is 1.91. The van der Waals surface area contributed by atoms with Crippen LogP contribution in [-0.2, 0) is 0 Å². The number of Topliss-reactive ketones (excluding diaryl/α,β-unsaturated/α-hetero) is 1. The minimum Gasteiger partial charge on any atom is -0.495 e. The van der Waals surface area contributed by atoms with Gasteiger partial charge in [-0.2, -0.15) is 0 Å². The van der Waals surface area contributed by atoms with Crippen LogP contribution in [0.5, 0.6) is 5.75 Å². The van der Waals surface area contributed by atoms with Crippen molar-refractivity contribution in [2.75, 3.05) is 7.11 Å². The molecule has 1 rings (SSSR count). The minimum atomic E-state index is -0.516. The molecule has 0 spiro atoms. The molecule has 0 atom stereocenters. The van der Waals surface area contributed by atoms with E-state index >= 15 is 0 Å². The summed E-state index contributed by atoms with van der Waals surface area (Å²) in [5.74, 6) is -0.609. The summed E-state index contributed by atoms with van der Waals surface area (Å²) in [4.78, 5) is 11.2. The first-order valence-corrected chi connectivity index (χ1v) is 4.81. The van der Waals surface area contributed by atoms with Gasteiger partial charge in [-0.3, -0.25) is 4.79 Å². The van der Waals surface area contributed by atoms with E-state index in [4.69, 9.17) is 4.74 Å². The Hall–Kier alpha value is -0.900. The van der Waals surface area contributed by atoms with E-state index in [0.717, 1.165) is 0 Å². The number of carbonyl (C=O) groups excluding carboxylic acids is 1. The molecule has 0 amide bonds. The van der Waals surface area contributed by atoms with Gasteiger partial charge in [0.2, 0.25) is 0 Å². The Balaban J connectivity index is 3.56. The molecule has 0 unspecified atom stereocenters. The van der Waals surface area contributed by atoms with Crippen molar-refractivity contribution < 1.29 is 13.9 Å². The molecule has 0 aliphatic carbocycles. The van der Waals surface area contributed by atoms with Gasteiger partial charge in [-0.25, -0.2) is 4.39 Å². The Labute approximate surface area is 90.2 Å². The Morgan fingerprint density at radius 2 is 2.14 bits per heavy atom. The van der Waals surface area contributed by atoms with E-state index in [9.17, 15) is 9.18 Å². The van der Waals surface area contributed by atoms with Gasteiger partial charge in [0, 0.05) is 0 Å². The zero-order chi connectivity index (χ0) is 10.9. The fourth-order valence-electron chi connectivity index (χ4n) is 1.25. The monoisotopic (exact) mass is 260 g/mol. The highest BCUT2D eigenvalue weighted by atomic mass is 79.9.